The van der Waals surface area contributed by atoms with Gasteiger partial charge in [0.15, 0.2) is 0 Å². The van der Waals surface area contributed by atoms with Crippen LogP contribution in [0.5, 0.6) is 0 Å². The maximum absolute atomic E-state index is 12.4. The molecule has 4 rings (SSSR count). The van der Waals surface area contributed by atoms with Crippen molar-refractivity contribution < 1.29 is 9.63 Å². The van der Waals surface area contributed by atoms with E-state index < -0.39 is 0 Å². The molecule has 0 unspecified atom stereocenters. The molecule has 0 atom stereocenters. The molecule has 1 aromatic carbocycles. The third kappa shape index (κ3) is 3.58. The zero-order chi connectivity index (χ0) is 18.8. The van der Waals surface area contributed by atoms with Crippen molar-refractivity contribution in [2.75, 3.05) is 37.7 Å². The average molecular weight is 369 g/mol. The predicted molar refractivity (Wildman–Crippen MR) is 102 cm³/mol. The smallest absolute Gasteiger partial charge is 0.261 e. The molecular weight excluding hydrogens is 346 g/mol. The van der Waals surface area contributed by atoms with Crippen molar-refractivity contribution in [2.24, 2.45) is 0 Å². The molecule has 0 radical (unpaired) electrons. The van der Waals surface area contributed by atoms with Crippen LogP contribution in [0.2, 0.25) is 0 Å². The van der Waals surface area contributed by atoms with Gasteiger partial charge in [0, 0.05) is 44.0 Å². The Morgan fingerprint density at radius 1 is 1.22 bits per heavy atom. The number of benzene rings is 1. The van der Waals surface area contributed by atoms with E-state index >= 15 is 0 Å². The molecule has 3 aromatic rings. The van der Waals surface area contributed by atoms with Crippen molar-refractivity contribution in [3.63, 3.8) is 0 Å². The molecule has 1 aliphatic rings. The summed E-state index contributed by atoms with van der Waals surface area (Å²) in [6.07, 6.45) is 3.30. The Bertz CT molecular complexity index is 988. The van der Waals surface area contributed by atoms with Crippen LogP contribution in [0.1, 0.15) is 11.3 Å². The number of anilines is 1. The standard InChI is InChI=1S/C19H23N5O3/c1-14-15(11-21-27-14)12-22-4-6-23(7-5-22)16-2-3-17-18(10-16)20-13-24(8-9-25)19(17)26/h2-3,10-11,13,25H,4-9,12H2,1H3. The van der Waals surface area contributed by atoms with Crippen molar-refractivity contribution >= 4 is 16.6 Å². The summed E-state index contributed by atoms with van der Waals surface area (Å²) in [6.45, 7) is 6.71. The number of aliphatic hydroxyl groups excluding tert-OH is 1. The van der Waals surface area contributed by atoms with Gasteiger partial charge >= 0.3 is 0 Å². The van der Waals surface area contributed by atoms with E-state index in [4.69, 9.17) is 9.63 Å². The van der Waals surface area contributed by atoms with Crippen molar-refractivity contribution in [3.05, 3.63) is 52.4 Å². The lowest BCUT2D eigenvalue weighted by atomic mass is 10.2. The Kier molecular flexibility index (Phi) is 4.91. The van der Waals surface area contributed by atoms with E-state index in [1.165, 1.54) is 10.9 Å². The molecular formula is C19H23N5O3. The molecule has 142 valence electrons. The number of nitrogens with zero attached hydrogens (tertiary/aromatic N) is 5. The van der Waals surface area contributed by atoms with Gasteiger partial charge in [0.25, 0.3) is 5.56 Å². The largest absolute Gasteiger partial charge is 0.395 e. The van der Waals surface area contributed by atoms with Crippen LogP contribution < -0.4 is 10.5 Å². The van der Waals surface area contributed by atoms with E-state index in [1.54, 1.807) is 6.20 Å². The summed E-state index contributed by atoms with van der Waals surface area (Å²) in [6, 6.07) is 5.79. The lowest BCUT2D eigenvalue weighted by Crippen LogP contribution is -2.46. The number of rotatable bonds is 5. The quantitative estimate of drug-likeness (QED) is 0.718. The highest BCUT2D eigenvalue weighted by Gasteiger charge is 2.19. The van der Waals surface area contributed by atoms with Gasteiger partial charge in [-0.25, -0.2) is 4.98 Å². The van der Waals surface area contributed by atoms with E-state index in [2.05, 4.69) is 19.9 Å². The van der Waals surface area contributed by atoms with Crippen LogP contribution in [0.15, 0.2) is 40.0 Å². The second kappa shape index (κ2) is 7.50. The molecule has 1 fully saturated rings. The average Bonchev–Trinajstić information content (AvgIpc) is 3.09. The molecule has 27 heavy (non-hydrogen) atoms. The van der Waals surface area contributed by atoms with Crippen molar-refractivity contribution in [3.8, 4) is 0 Å². The summed E-state index contributed by atoms with van der Waals surface area (Å²) in [4.78, 5) is 21.5. The van der Waals surface area contributed by atoms with Gasteiger partial charge in [-0.1, -0.05) is 5.16 Å². The van der Waals surface area contributed by atoms with Crippen LogP contribution in [0.4, 0.5) is 5.69 Å². The summed E-state index contributed by atoms with van der Waals surface area (Å²) in [7, 11) is 0. The molecule has 1 aliphatic heterocycles. The predicted octanol–water partition coefficient (Wildman–Crippen LogP) is 1.01. The van der Waals surface area contributed by atoms with Crippen LogP contribution >= 0.6 is 0 Å². The molecule has 2 aromatic heterocycles. The molecule has 8 heteroatoms. The van der Waals surface area contributed by atoms with E-state index in [0.717, 1.165) is 49.7 Å². The number of aryl methyl sites for hydroxylation is 1. The molecule has 0 aliphatic carbocycles. The van der Waals surface area contributed by atoms with Gasteiger partial charge in [0.05, 0.1) is 36.6 Å². The Labute approximate surface area is 156 Å². The monoisotopic (exact) mass is 369 g/mol. The Morgan fingerprint density at radius 2 is 2.04 bits per heavy atom. The van der Waals surface area contributed by atoms with Crippen LogP contribution in [-0.2, 0) is 13.1 Å². The fraction of sp³-hybridized carbons (Fsp3) is 0.421. The molecule has 1 N–H and O–H groups in total. The molecule has 0 amide bonds. The number of aliphatic hydroxyl groups is 1. The molecule has 8 nitrogen and oxygen atoms in total. The third-order valence-corrected chi connectivity index (χ3v) is 5.13. The summed E-state index contributed by atoms with van der Waals surface area (Å²) in [5, 5.41) is 13.5. The highest BCUT2D eigenvalue weighted by atomic mass is 16.5. The van der Waals surface area contributed by atoms with E-state index in [0.29, 0.717) is 10.9 Å². The normalized spacial score (nSPS) is 15.6. The fourth-order valence-corrected chi connectivity index (χ4v) is 3.49. The number of aromatic nitrogens is 3. The molecule has 3 heterocycles. The van der Waals surface area contributed by atoms with Crippen LogP contribution in [0.3, 0.4) is 0 Å². The lowest BCUT2D eigenvalue weighted by Gasteiger charge is -2.36. The summed E-state index contributed by atoms with van der Waals surface area (Å²) >= 11 is 0. The second-order valence-electron chi connectivity index (χ2n) is 6.84. The van der Waals surface area contributed by atoms with Gasteiger partial charge in [0.2, 0.25) is 0 Å². The zero-order valence-corrected chi connectivity index (χ0v) is 15.3. The molecule has 0 bridgehead atoms. The van der Waals surface area contributed by atoms with Crippen molar-refractivity contribution in [1.82, 2.24) is 19.6 Å². The minimum absolute atomic E-state index is 0.0795. The Hall–Kier alpha value is -2.71. The minimum Gasteiger partial charge on any atom is -0.395 e. The molecule has 0 spiro atoms. The number of piperazine rings is 1. The highest BCUT2D eigenvalue weighted by molar-refractivity contribution is 5.81. The summed E-state index contributed by atoms with van der Waals surface area (Å²) in [5.41, 5.74) is 2.79. The first kappa shape index (κ1) is 17.7. The maximum Gasteiger partial charge on any atom is 0.261 e. The van der Waals surface area contributed by atoms with Crippen LogP contribution in [0.25, 0.3) is 10.9 Å². The van der Waals surface area contributed by atoms with E-state index in [-0.39, 0.29) is 18.7 Å². The first-order valence-corrected chi connectivity index (χ1v) is 9.13. The maximum atomic E-state index is 12.4. The van der Waals surface area contributed by atoms with Gasteiger partial charge in [-0.15, -0.1) is 0 Å². The number of hydrogen-bond donors (Lipinski definition) is 1. The molecule has 0 saturated carbocycles. The van der Waals surface area contributed by atoms with Crippen molar-refractivity contribution in [2.45, 2.75) is 20.0 Å². The fourth-order valence-electron chi connectivity index (χ4n) is 3.49. The van der Waals surface area contributed by atoms with Gasteiger partial charge < -0.3 is 14.5 Å². The highest BCUT2D eigenvalue weighted by Crippen LogP contribution is 2.21. The lowest BCUT2D eigenvalue weighted by molar-refractivity contribution is 0.248. The van der Waals surface area contributed by atoms with Crippen LogP contribution in [0, 0.1) is 6.92 Å². The zero-order valence-electron chi connectivity index (χ0n) is 15.3. The minimum atomic E-state index is -0.116. The first-order valence-electron chi connectivity index (χ1n) is 9.13. The SMILES string of the molecule is Cc1oncc1CN1CCN(c2ccc3c(=O)n(CCO)cnc3c2)CC1. The first-order chi connectivity index (χ1) is 13.2. The summed E-state index contributed by atoms with van der Waals surface area (Å²) in [5.74, 6) is 0.880. The van der Waals surface area contributed by atoms with Gasteiger partial charge in [-0.3, -0.25) is 14.3 Å². The van der Waals surface area contributed by atoms with E-state index in [9.17, 15) is 4.79 Å². The number of fused-ring (bicyclic) bond motifs is 1. The van der Waals surface area contributed by atoms with Crippen molar-refractivity contribution in [1.29, 1.82) is 0 Å². The van der Waals surface area contributed by atoms with Crippen LogP contribution in [-0.4, -0.2) is 57.5 Å². The molecule has 1 saturated heterocycles. The summed E-state index contributed by atoms with van der Waals surface area (Å²) < 4.78 is 6.57. The van der Waals surface area contributed by atoms with Gasteiger partial charge in [0.1, 0.15) is 5.76 Å². The number of hydrogen-bond acceptors (Lipinski definition) is 7. The van der Waals surface area contributed by atoms with Gasteiger partial charge in [-0.05, 0) is 25.1 Å². The van der Waals surface area contributed by atoms with Gasteiger partial charge in [-0.2, -0.15) is 0 Å². The topological polar surface area (TPSA) is 87.6 Å². The second-order valence-corrected chi connectivity index (χ2v) is 6.84. The third-order valence-electron chi connectivity index (χ3n) is 5.13. The Morgan fingerprint density at radius 3 is 2.74 bits per heavy atom. The Balaban J connectivity index is 1.46. The van der Waals surface area contributed by atoms with E-state index in [1.807, 2.05) is 25.1 Å².